The fourth-order valence-electron chi connectivity index (χ4n) is 0. The standard InChI is InChI=1S/CH5N3.Al.2H2O4S/c2-1(3)4;;2*1-5(2,3)4/h(H5,2,3,4);;2*(H2,1,2,3,4). The van der Waals surface area contributed by atoms with E-state index < -0.39 is 20.8 Å². The van der Waals surface area contributed by atoms with Gasteiger partial charge in [-0.1, -0.05) is 0 Å². The number of hydrogen-bond acceptors (Lipinski definition) is 5. The first-order valence-electron chi connectivity index (χ1n) is 2.22. The van der Waals surface area contributed by atoms with Gasteiger partial charge in [-0.2, -0.15) is 16.8 Å². The maximum Gasteiger partial charge on any atom is 0.394 e. The minimum absolute atomic E-state index is 0. The summed E-state index contributed by atoms with van der Waals surface area (Å²) < 4.78 is 63.2. The van der Waals surface area contributed by atoms with Crippen molar-refractivity contribution in [2.75, 3.05) is 0 Å². The van der Waals surface area contributed by atoms with Gasteiger partial charge in [0.15, 0.2) is 5.96 Å². The smallest absolute Gasteiger partial charge is 0.370 e. The number of rotatable bonds is 0. The number of guanidine groups is 1. The molecule has 14 heteroatoms. The van der Waals surface area contributed by atoms with Crippen LogP contribution in [-0.4, -0.2) is 58.4 Å². The summed E-state index contributed by atoms with van der Waals surface area (Å²) in [4.78, 5) is 0. The van der Waals surface area contributed by atoms with E-state index in [4.69, 9.17) is 40.5 Å². The molecule has 15 heavy (non-hydrogen) atoms. The van der Waals surface area contributed by atoms with Crippen LogP contribution in [-0.2, 0) is 20.8 Å². The van der Waals surface area contributed by atoms with E-state index in [9.17, 15) is 0 Å². The summed E-state index contributed by atoms with van der Waals surface area (Å²) in [5, 5.41) is 6.06. The van der Waals surface area contributed by atoms with Gasteiger partial charge < -0.3 is 11.5 Å². The highest BCUT2D eigenvalue weighted by atomic mass is 32.3. The Labute approximate surface area is 96.3 Å². The molecule has 0 aromatic heterocycles. The quantitative estimate of drug-likeness (QED) is 0.104. The summed E-state index contributed by atoms with van der Waals surface area (Å²) in [6.07, 6.45) is 0. The van der Waals surface area contributed by atoms with E-state index in [2.05, 4.69) is 11.5 Å². The highest BCUT2D eigenvalue weighted by molar-refractivity contribution is 7.80. The van der Waals surface area contributed by atoms with Gasteiger partial charge in [0, 0.05) is 17.4 Å². The van der Waals surface area contributed by atoms with Crippen LogP contribution in [0.2, 0.25) is 0 Å². The molecule has 0 aliphatic heterocycles. The normalized spacial score (nSPS) is 9.33. The maximum absolute atomic E-state index is 8.74. The monoisotopic (exact) mass is 282 g/mol. The molecule has 0 heterocycles. The Hall–Kier alpha value is -0.458. The van der Waals surface area contributed by atoms with E-state index in [1.165, 1.54) is 0 Å². The van der Waals surface area contributed by atoms with Crippen molar-refractivity contribution >= 4 is 44.1 Å². The highest BCUT2D eigenvalue weighted by Gasteiger charge is 1.85. The van der Waals surface area contributed by atoms with Crippen molar-refractivity contribution < 1.29 is 35.0 Å². The van der Waals surface area contributed by atoms with Crippen LogP contribution >= 0.6 is 0 Å². The molecule has 0 rings (SSSR count). The third kappa shape index (κ3) is 8620. The second-order valence-corrected chi connectivity index (χ2v) is 3.14. The van der Waals surface area contributed by atoms with Crippen LogP contribution in [0.25, 0.3) is 0 Å². The Kier molecular flexibility index (Phi) is 16.1. The van der Waals surface area contributed by atoms with Crippen molar-refractivity contribution in [2.24, 2.45) is 11.5 Å². The fourth-order valence-corrected chi connectivity index (χ4v) is 0. The molecule has 0 spiro atoms. The molecule has 91 valence electrons. The predicted molar refractivity (Wildman–Crippen MR) is 50.2 cm³/mol. The second-order valence-electron chi connectivity index (χ2n) is 1.35. The van der Waals surface area contributed by atoms with Crippen molar-refractivity contribution in [3.63, 3.8) is 0 Å². The summed E-state index contributed by atoms with van der Waals surface area (Å²) in [6, 6.07) is 0. The van der Waals surface area contributed by atoms with E-state index in [0.29, 0.717) is 0 Å². The molecule has 0 saturated carbocycles. The van der Waals surface area contributed by atoms with Crippen LogP contribution in [0.1, 0.15) is 0 Å². The molecule has 0 aromatic carbocycles. The summed E-state index contributed by atoms with van der Waals surface area (Å²) in [5.74, 6) is -0.333. The lowest BCUT2D eigenvalue weighted by atomic mass is 11.1. The summed E-state index contributed by atoms with van der Waals surface area (Å²) in [5.41, 5.74) is 8.94. The van der Waals surface area contributed by atoms with Crippen LogP contribution in [0.15, 0.2) is 0 Å². The van der Waals surface area contributed by atoms with E-state index >= 15 is 0 Å². The lowest BCUT2D eigenvalue weighted by Gasteiger charge is -1.69. The Balaban J connectivity index is -0.0000000590. The topological polar surface area (TPSA) is 225 Å². The predicted octanol–water partition coefficient (Wildman–Crippen LogP) is -2.85. The van der Waals surface area contributed by atoms with E-state index in [1.807, 2.05) is 0 Å². The van der Waals surface area contributed by atoms with Crippen LogP contribution in [0, 0.1) is 5.41 Å². The zero-order chi connectivity index (χ0) is 12.6. The zero-order valence-corrected chi connectivity index (χ0v) is 9.76. The van der Waals surface area contributed by atoms with Crippen LogP contribution in [0.4, 0.5) is 0 Å². The van der Waals surface area contributed by atoms with Crippen molar-refractivity contribution in [1.29, 1.82) is 5.41 Å². The molecule has 0 aliphatic rings. The lowest BCUT2D eigenvalue weighted by molar-refractivity contribution is 0.378. The Morgan fingerprint density at radius 1 is 0.867 bits per heavy atom. The third-order valence-electron chi connectivity index (χ3n) is 0. The Morgan fingerprint density at radius 3 is 0.867 bits per heavy atom. The lowest BCUT2D eigenvalue weighted by Crippen LogP contribution is -2.20. The van der Waals surface area contributed by atoms with Crippen LogP contribution in [0.5, 0.6) is 0 Å². The summed E-state index contributed by atoms with van der Waals surface area (Å²) in [6.45, 7) is 0. The van der Waals surface area contributed by atoms with Crippen molar-refractivity contribution in [3.05, 3.63) is 0 Å². The average molecular weight is 282 g/mol. The SMILES string of the molecule is N=C(N)N.O=S(=O)(O)O.O=S(=O)(O)O.[Al]. The number of nitrogens with one attached hydrogen (secondary N) is 1. The molecule has 9 N–H and O–H groups in total. The third-order valence-corrected chi connectivity index (χ3v) is 0. The molecular weight excluding hydrogens is 273 g/mol. The van der Waals surface area contributed by atoms with Gasteiger partial charge in [0.2, 0.25) is 0 Å². The Bertz CT molecular complexity index is 294. The van der Waals surface area contributed by atoms with Crippen LogP contribution < -0.4 is 11.5 Å². The minimum Gasteiger partial charge on any atom is -0.370 e. The second kappa shape index (κ2) is 10.1. The van der Waals surface area contributed by atoms with Crippen molar-refractivity contribution in [3.8, 4) is 0 Å². The highest BCUT2D eigenvalue weighted by Crippen LogP contribution is 1.59. The van der Waals surface area contributed by atoms with Crippen molar-refractivity contribution in [1.82, 2.24) is 0 Å². The average Bonchev–Trinajstić information content (AvgIpc) is 1.45. The number of nitrogens with two attached hydrogens (primary N) is 2. The molecule has 3 radical (unpaired) electrons. The molecule has 0 atom stereocenters. The fraction of sp³-hybridized carbons (Fsp3) is 0. The van der Waals surface area contributed by atoms with E-state index in [-0.39, 0.29) is 23.3 Å². The van der Waals surface area contributed by atoms with Gasteiger partial charge in [0.25, 0.3) is 0 Å². The molecule has 0 fully saturated rings. The zero-order valence-electron chi connectivity index (χ0n) is 6.97. The number of hydrogen-bond donors (Lipinski definition) is 7. The first-order chi connectivity index (χ1) is 5.73. The molecule has 0 aromatic rings. The van der Waals surface area contributed by atoms with Gasteiger partial charge in [-0.25, -0.2) is 0 Å². The summed E-state index contributed by atoms with van der Waals surface area (Å²) in [7, 11) is -9.33. The van der Waals surface area contributed by atoms with Crippen molar-refractivity contribution in [2.45, 2.75) is 0 Å². The van der Waals surface area contributed by atoms with Gasteiger partial charge in [0.1, 0.15) is 0 Å². The molecule has 11 nitrogen and oxygen atoms in total. The maximum atomic E-state index is 8.74. The largest absolute Gasteiger partial charge is 0.394 e. The van der Waals surface area contributed by atoms with Gasteiger partial charge in [-0.3, -0.25) is 23.6 Å². The first kappa shape index (κ1) is 24.0. The molecule has 0 aliphatic carbocycles. The molecule has 0 amide bonds. The van der Waals surface area contributed by atoms with Gasteiger partial charge in [-0.15, -0.1) is 0 Å². The van der Waals surface area contributed by atoms with E-state index in [1.54, 1.807) is 0 Å². The minimum atomic E-state index is -4.67. The first-order valence-corrected chi connectivity index (χ1v) is 5.02. The van der Waals surface area contributed by atoms with Gasteiger partial charge in [-0.05, 0) is 0 Å². The van der Waals surface area contributed by atoms with Gasteiger partial charge in [0.05, 0.1) is 0 Å². The van der Waals surface area contributed by atoms with Gasteiger partial charge >= 0.3 is 20.8 Å². The summed E-state index contributed by atoms with van der Waals surface area (Å²) >= 11 is 0. The molecule has 0 unspecified atom stereocenters. The molecular formula is CH9AlN3O8S2. The molecule has 0 bridgehead atoms. The Morgan fingerprint density at radius 2 is 0.867 bits per heavy atom. The van der Waals surface area contributed by atoms with Crippen LogP contribution in [0.3, 0.4) is 0 Å². The molecule has 0 saturated heterocycles. The van der Waals surface area contributed by atoms with E-state index in [0.717, 1.165) is 0 Å².